The van der Waals surface area contributed by atoms with Crippen LogP contribution in [0.4, 0.5) is 5.69 Å². The van der Waals surface area contributed by atoms with Crippen molar-refractivity contribution < 1.29 is 14.6 Å². The third kappa shape index (κ3) is 4.32. The van der Waals surface area contributed by atoms with Gasteiger partial charge in [0.2, 0.25) is 5.91 Å². The van der Waals surface area contributed by atoms with Crippen LogP contribution in [0.1, 0.15) is 30.9 Å². The molecule has 1 atom stereocenters. The van der Waals surface area contributed by atoms with Gasteiger partial charge in [-0.05, 0) is 43.0 Å². The molecule has 1 aliphatic heterocycles. The molecule has 1 aromatic rings. The lowest BCUT2D eigenvalue weighted by Gasteiger charge is -2.22. The molecule has 112 valence electrons. The number of amides is 1. The number of carbonyl (C=O) groups excluding carboxylic acids is 1. The molecular formula is C17H21NO3. The molecule has 0 spiro atoms. The summed E-state index contributed by atoms with van der Waals surface area (Å²) in [5.74, 6) is 5.48. The Balaban J connectivity index is 2.09. The first-order valence-electron chi connectivity index (χ1n) is 7.36. The number of ether oxygens (including phenoxy) is 1. The number of aliphatic hydroxyl groups is 1. The zero-order valence-corrected chi connectivity index (χ0v) is 12.3. The highest BCUT2D eigenvalue weighted by molar-refractivity contribution is 5.93. The van der Waals surface area contributed by atoms with Crippen molar-refractivity contribution in [3.05, 3.63) is 29.3 Å². The smallest absolute Gasteiger partial charge is 0.229 e. The van der Waals surface area contributed by atoms with E-state index in [2.05, 4.69) is 17.2 Å². The Morgan fingerprint density at radius 3 is 3.05 bits per heavy atom. The molecule has 0 radical (unpaired) electrons. The van der Waals surface area contributed by atoms with Gasteiger partial charge in [-0.25, -0.2) is 0 Å². The van der Waals surface area contributed by atoms with Crippen molar-refractivity contribution in [3.63, 3.8) is 0 Å². The van der Waals surface area contributed by atoms with E-state index >= 15 is 0 Å². The van der Waals surface area contributed by atoms with E-state index in [4.69, 9.17) is 9.84 Å². The molecule has 21 heavy (non-hydrogen) atoms. The maximum atomic E-state index is 12.2. The molecule has 1 unspecified atom stereocenters. The van der Waals surface area contributed by atoms with Crippen molar-refractivity contribution in [1.82, 2.24) is 0 Å². The van der Waals surface area contributed by atoms with E-state index in [0.717, 1.165) is 42.7 Å². The van der Waals surface area contributed by atoms with Gasteiger partial charge in [0.1, 0.15) is 6.61 Å². The second kappa shape index (κ2) is 7.82. The van der Waals surface area contributed by atoms with Crippen molar-refractivity contribution in [2.75, 3.05) is 25.1 Å². The average molecular weight is 287 g/mol. The fourth-order valence-electron chi connectivity index (χ4n) is 2.41. The zero-order chi connectivity index (χ0) is 15.1. The molecule has 1 aliphatic rings. The minimum atomic E-state index is -0.151. The summed E-state index contributed by atoms with van der Waals surface area (Å²) < 4.78 is 5.36. The lowest BCUT2D eigenvalue weighted by Crippen LogP contribution is -2.30. The van der Waals surface area contributed by atoms with Crippen LogP contribution in [0.5, 0.6) is 0 Å². The van der Waals surface area contributed by atoms with Crippen LogP contribution >= 0.6 is 0 Å². The minimum Gasteiger partial charge on any atom is -0.384 e. The number of rotatable bonds is 3. The van der Waals surface area contributed by atoms with E-state index in [0.29, 0.717) is 6.61 Å². The molecule has 2 N–H and O–H groups in total. The standard InChI is InChI=1S/C17H21NO3/c1-2-14-11-13(5-3-9-19)7-8-16(14)18-17(20)15-6-4-10-21-12-15/h7-8,11,15,19H,2,4,6,9-10,12H2,1H3,(H,18,20). The van der Waals surface area contributed by atoms with Gasteiger partial charge in [0.15, 0.2) is 0 Å². The molecule has 4 heteroatoms. The highest BCUT2D eigenvalue weighted by atomic mass is 16.5. The van der Waals surface area contributed by atoms with Crippen LogP contribution in [0.3, 0.4) is 0 Å². The van der Waals surface area contributed by atoms with E-state index in [9.17, 15) is 4.79 Å². The van der Waals surface area contributed by atoms with Gasteiger partial charge in [-0.1, -0.05) is 18.8 Å². The normalized spacial score (nSPS) is 17.7. The van der Waals surface area contributed by atoms with Crippen LogP contribution in [0.15, 0.2) is 18.2 Å². The van der Waals surface area contributed by atoms with Gasteiger partial charge in [0, 0.05) is 17.9 Å². The van der Waals surface area contributed by atoms with Crippen molar-refractivity contribution in [1.29, 1.82) is 0 Å². The van der Waals surface area contributed by atoms with Crippen molar-refractivity contribution in [2.45, 2.75) is 26.2 Å². The summed E-state index contributed by atoms with van der Waals surface area (Å²) in [4.78, 5) is 12.2. The van der Waals surface area contributed by atoms with E-state index in [1.54, 1.807) is 0 Å². The number of hydrogen-bond donors (Lipinski definition) is 2. The summed E-state index contributed by atoms with van der Waals surface area (Å²) >= 11 is 0. The van der Waals surface area contributed by atoms with Crippen molar-refractivity contribution in [3.8, 4) is 11.8 Å². The van der Waals surface area contributed by atoms with Crippen molar-refractivity contribution >= 4 is 11.6 Å². The van der Waals surface area contributed by atoms with Crippen LogP contribution < -0.4 is 5.32 Å². The Hall–Kier alpha value is -1.83. The fourth-order valence-corrected chi connectivity index (χ4v) is 2.41. The molecular weight excluding hydrogens is 266 g/mol. The average Bonchev–Trinajstić information content (AvgIpc) is 2.54. The zero-order valence-electron chi connectivity index (χ0n) is 12.3. The van der Waals surface area contributed by atoms with Gasteiger partial charge in [0.25, 0.3) is 0 Å². The largest absolute Gasteiger partial charge is 0.384 e. The van der Waals surface area contributed by atoms with Gasteiger partial charge >= 0.3 is 0 Å². The Morgan fingerprint density at radius 1 is 1.52 bits per heavy atom. The van der Waals surface area contributed by atoms with Gasteiger partial charge < -0.3 is 15.2 Å². The first kappa shape index (κ1) is 15.6. The van der Waals surface area contributed by atoms with Crippen LogP contribution in [0.25, 0.3) is 0 Å². The number of nitrogens with one attached hydrogen (secondary N) is 1. The molecule has 1 saturated heterocycles. The van der Waals surface area contributed by atoms with Crippen molar-refractivity contribution in [2.24, 2.45) is 5.92 Å². The SMILES string of the molecule is CCc1cc(C#CCO)ccc1NC(=O)C1CCCOC1. The third-order valence-corrected chi connectivity index (χ3v) is 3.59. The summed E-state index contributed by atoms with van der Waals surface area (Å²) in [6, 6.07) is 5.69. The van der Waals surface area contributed by atoms with Crippen LogP contribution in [0.2, 0.25) is 0 Å². The number of benzene rings is 1. The van der Waals surface area contributed by atoms with E-state index in [1.807, 2.05) is 25.1 Å². The highest BCUT2D eigenvalue weighted by Gasteiger charge is 2.22. The summed E-state index contributed by atoms with van der Waals surface area (Å²) in [7, 11) is 0. The summed E-state index contributed by atoms with van der Waals surface area (Å²) in [5, 5.41) is 11.7. The van der Waals surface area contributed by atoms with E-state index < -0.39 is 0 Å². The van der Waals surface area contributed by atoms with Crippen LogP contribution in [0, 0.1) is 17.8 Å². The van der Waals surface area contributed by atoms with Gasteiger partial charge in [-0.2, -0.15) is 0 Å². The summed E-state index contributed by atoms with van der Waals surface area (Å²) in [6.07, 6.45) is 2.63. The number of aliphatic hydroxyl groups excluding tert-OH is 1. The monoisotopic (exact) mass is 287 g/mol. The third-order valence-electron chi connectivity index (χ3n) is 3.59. The molecule has 1 amide bonds. The Bertz CT molecular complexity index is 551. The van der Waals surface area contributed by atoms with E-state index in [-0.39, 0.29) is 18.4 Å². The molecule has 0 bridgehead atoms. The minimum absolute atomic E-state index is 0.0265. The Morgan fingerprint density at radius 2 is 2.38 bits per heavy atom. The van der Waals surface area contributed by atoms with Crippen LogP contribution in [-0.2, 0) is 16.0 Å². The predicted molar refractivity (Wildman–Crippen MR) is 82.0 cm³/mol. The number of hydrogen-bond acceptors (Lipinski definition) is 3. The molecule has 0 saturated carbocycles. The van der Waals surface area contributed by atoms with Crippen LogP contribution in [-0.4, -0.2) is 30.8 Å². The second-order valence-electron chi connectivity index (χ2n) is 5.09. The molecule has 0 aliphatic carbocycles. The molecule has 1 aromatic carbocycles. The van der Waals surface area contributed by atoms with Gasteiger partial charge in [0.05, 0.1) is 12.5 Å². The van der Waals surface area contributed by atoms with Gasteiger partial charge in [-0.15, -0.1) is 0 Å². The topological polar surface area (TPSA) is 58.6 Å². The predicted octanol–water partition coefficient (Wildman–Crippen LogP) is 1.96. The summed E-state index contributed by atoms with van der Waals surface area (Å²) in [5.41, 5.74) is 2.73. The molecule has 4 nitrogen and oxygen atoms in total. The lowest BCUT2D eigenvalue weighted by molar-refractivity contribution is -0.123. The lowest BCUT2D eigenvalue weighted by atomic mass is 10.0. The Labute approximate surface area is 125 Å². The first-order valence-corrected chi connectivity index (χ1v) is 7.36. The second-order valence-corrected chi connectivity index (χ2v) is 5.09. The highest BCUT2D eigenvalue weighted by Crippen LogP contribution is 2.21. The molecule has 1 fully saturated rings. The number of anilines is 1. The fraction of sp³-hybridized carbons (Fsp3) is 0.471. The molecule has 2 rings (SSSR count). The maximum Gasteiger partial charge on any atom is 0.229 e. The van der Waals surface area contributed by atoms with Gasteiger partial charge in [-0.3, -0.25) is 4.79 Å². The first-order chi connectivity index (χ1) is 10.2. The Kier molecular flexibility index (Phi) is 5.79. The molecule has 0 aromatic heterocycles. The summed E-state index contributed by atoms with van der Waals surface area (Å²) in [6.45, 7) is 3.15. The number of aryl methyl sites for hydroxylation is 1. The molecule has 1 heterocycles. The quantitative estimate of drug-likeness (QED) is 0.836. The maximum absolute atomic E-state index is 12.2. The van der Waals surface area contributed by atoms with E-state index in [1.165, 1.54) is 0 Å². The number of carbonyl (C=O) groups is 1.